The maximum Gasteiger partial charge on any atom is 0.265 e. The number of rotatable bonds is 6. The molecule has 2 aromatic carbocycles. The number of benzene rings is 2. The van der Waals surface area contributed by atoms with Gasteiger partial charge in [-0.05, 0) is 48.2 Å². The van der Waals surface area contributed by atoms with Crippen LogP contribution in [0.25, 0.3) is 0 Å². The van der Waals surface area contributed by atoms with Gasteiger partial charge in [0.2, 0.25) is 0 Å². The average molecular weight is 507 g/mol. The normalized spacial score (nSPS) is 15.0. The first-order valence-corrected chi connectivity index (χ1v) is 12.6. The number of anilines is 1. The number of carbonyl (C=O) groups is 3. The van der Waals surface area contributed by atoms with Crippen LogP contribution in [0.15, 0.2) is 54.6 Å². The first kappa shape index (κ1) is 23.3. The van der Waals surface area contributed by atoms with Crippen LogP contribution in [0.4, 0.5) is 5.69 Å². The molecule has 0 radical (unpaired) electrons. The van der Waals surface area contributed by atoms with E-state index < -0.39 is 5.91 Å². The Bertz CT molecular complexity index is 1330. The van der Waals surface area contributed by atoms with Gasteiger partial charge in [0.25, 0.3) is 17.7 Å². The standard InChI is InChI=1S/C26H23ClN4O3S/c27-21-11-10-20(35-21)24(32)29-19-5-3-4-18-23(19)26(34)31(25(18)33)15-17-8-6-16(7-9-17)14-22(28)30-12-1-2-13-30/h3-11,28H,1-2,12-15H2,(H,29,32). The topological polar surface area (TPSA) is 93.6 Å². The van der Waals surface area contributed by atoms with Crippen LogP contribution in [0.3, 0.4) is 0 Å². The fourth-order valence-corrected chi connectivity index (χ4v) is 5.38. The van der Waals surface area contributed by atoms with Crippen molar-refractivity contribution < 1.29 is 14.4 Å². The van der Waals surface area contributed by atoms with Gasteiger partial charge < -0.3 is 10.2 Å². The van der Waals surface area contributed by atoms with Crippen LogP contribution in [0.2, 0.25) is 4.34 Å². The van der Waals surface area contributed by atoms with Crippen molar-refractivity contribution in [3.05, 3.63) is 86.1 Å². The van der Waals surface area contributed by atoms with Gasteiger partial charge in [0.15, 0.2) is 0 Å². The fourth-order valence-electron chi connectivity index (χ4n) is 4.44. The molecule has 178 valence electrons. The highest BCUT2D eigenvalue weighted by Crippen LogP contribution is 2.31. The van der Waals surface area contributed by atoms with Crippen molar-refractivity contribution in [1.82, 2.24) is 9.80 Å². The maximum absolute atomic E-state index is 13.2. The molecule has 0 bridgehead atoms. The molecule has 7 nitrogen and oxygen atoms in total. The lowest BCUT2D eigenvalue weighted by Crippen LogP contribution is -2.29. The summed E-state index contributed by atoms with van der Waals surface area (Å²) >= 11 is 7.06. The number of amides is 3. The molecule has 1 fully saturated rings. The van der Waals surface area contributed by atoms with Gasteiger partial charge in [-0.2, -0.15) is 0 Å². The molecule has 2 N–H and O–H groups in total. The van der Waals surface area contributed by atoms with Crippen LogP contribution in [0, 0.1) is 5.41 Å². The third kappa shape index (κ3) is 4.72. The van der Waals surface area contributed by atoms with Crippen LogP contribution in [-0.4, -0.2) is 46.4 Å². The quantitative estimate of drug-likeness (QED) is 0.277. The first-order chi connectivity index (χ1) is 16.9. The van der Waals surface area contributed by atoms with Crippen molar-refractivity contribution in [2.45, 2.75) is 25.8 Å². The summed E-state index contributed by atoms with van der Waals surface area (Å²) in [5.74, 6) is -0.593. The number of carbonyl (C=O) groups excluding carboxylic acids is 3. The number of hydrogen-bond donors (Lipinski definition) is 2. The van der Waals surface area contributed by atoms with Crippen LogP contribution >= 0.6 is 22.9 Å². The second kappa shape index (κ2) is 9.64. The minimum atomic E-state index is -0.440. The molecule has 9 heteroatoms. The molecule has 0 aliphatic carbocycles. The largest absolute Gasteiger partial charge is 0.360 e. The van der Waals surface area contributed by atoms with E-state index in [1.165, 1.54) is 4.90 Å². The summed E-state index contributed by atoms with van der Waals surface area (Å²) in [6, 6.07) is 15.8. The molecule has 1 aromatic heterocycles. The Morgan fingerprint density at radius 2 is 1.69 bits per heavy atom. The van der Waals surface area contributed by atoms with Gasteiger partial charge in [-0.25, -0.2) is 0 Å². The molecular weight excluding hydrogens is 484 g/mol. The molecule has 0 atom stereocenters. The molecule has 1 saturated heterocycles. The lowest BCUT2D eigenvalue weighted by atomic mass is 10.1. The van der Waals surface area contributed by atoms with Gasteiger partial charge in [-0.1, -0.05) is 41.9 Å². The van der Waals surface area contributed by atoms with Gasteiger partial charge in [-0.3, -0.25) is 24.7 Å². The zero-order chi connectivity index (χ0) is 24.5. The maximum atomic E-state index is 13.2. The van der Waals surface area contributed by atoms with Crippen molar-refractivity contribution >= 4 is 52.2 Å². The summed E-state index contributed by atoms with van der Waals surface area (Å²) in [5.41, 5.74) is 2.60. The number of halogens is 1. The first-order valence-electron chi connectivity index (χ1n) is 11.4. The molecule has 2 aliphatic heterocycles. The zero-order valence-corrected chi connectivity index (χ0v) is 20.4. The third-order valence-electron chi connectivity index (χ3n) is 6.27. The Balaban J connectivity index is 1.29. The number of fused-ring (bicyclic) bond motifs is 1. The second-order valence-corrected chi connectivity index (χ2v) is 10.3. The molecule has 0 saturated carbocycles. The Hall–Kier alpha value is -3.49. The molecule has 3 heterocycles. The predicted molar refractivity (Wildman–Crippen MR) is 137 cm³/mol. The van der Waals surface area contributed by atoms with E-state index in [9.17, 15) is 14.4 Å². The van der Waals surface area contributed by atoms with E-state index in [1.807, 2.05) is 24.3 Å². The smallest absolute Gasteiger partial charge is 0.265 e. The summed E-state index contributed by atoms with van der Waals surface area (Å²) < 4.78 is 0.491. The SMILES string of the molecule is N=C(Cc1ccc(CN2C(=O)c3cccc(NC(=O)c4ccc(Cl)s4)c3C2=O)cc1)N1CCCC1. The fraction of sp³-hybridized carbons (Fsp3) is 0.231. The predicted octanol–water partition coefficient (Wildman–Crippen LogP) is 5.07. The highest BCUT2D eigenvalue weighted by molar-refractivity contribution is 7.18. The molecular formula is C26H23ClN4O3S. The van der Waals surface area contributed by atoms with Crippen LogP contribution in [0.1, 0.15) is 54.4 Å². The molecule has 0 unspecified atom stereocenters. The summed E-state index contributed by atoms with van der Waals surface area (Å²) in [5, 5.41) is 11.0. The van der Waals surface area contributed by atoms with Gasteiger partial charge in [0.1, 0.15) is 5.84 Å². The van der Waals surface area contributed by atoms with Gasteiger partial charge in [0.05, 0.1) is 32.6 Å². The number of hydrogen-bond acceptors (Lipinski definition) is 5. The molecule has 5 rings (SSSR count). The average Bonchev–Trinajstić information content (AvgIpc) is 3.59. The lowest BCUT2D eigenvalue weighted by Gasteiger charge is -2.18. The van der Waals surface area contributed by atoms with E-state index in [0.717, 1.165) is 48.4 Å². The van der Waals surface area contributed by atoms with Crippen LogP contribution < -0.4 is 5.32 Å². The summed E-state index contributed by atoms with van der Waals surface area (Å²) in [7, 11) is 0. The molecule has 2 aliphatic rings. The van der Waals surface area contributed by atoms with Crippen molar-refractivity contribution in [1.29, 1.82) is 5.41 Å². The Morgan fingerprint density at radius 1 is 0.971 bits per heavy atom. The minimum Gasteiger partial charge on any atom is -0.360 e. The van der Waals surface area contributed by atoms with E-state index in [4.69, 9.17) is 17.0 Å². The second-order valence-electron chi connectivity index (χ2n) is 8.62. The molecule has 3 amide bonds. The Morgan fingerprint density at radius 3 is 2.37 bits per heavy atom. The molecule has 0 spiro atoms. The summed E-state index contributed by atoms with van der Waals surface area (Å²) in [6.07, 6.45) is 2.83. The third-order valence-corrected chi connectivity index (χ3v) is 7.50. The lowest BCUT2D eigenvalue weighted by molar-refractivity contribution is 0.0642. The minimum absolute atomic E-state index is 0.129. The Kier molecular flexibility index (Phi) is 6.40. The van der Waals surface area contributed by atoms with Crippen molar-refractivity contribution in [3.8, 4) is 0 Å². The number of nitrogens with zero attached hydrogens (tertiary/aromatic N) is 2. The van der Waals surface area contributed by atoms with Crippen molar-refractivity contribution in [2.75, 3.05) is 18.4 Å². The number of thiophene rings is 1. The summed E-state index contributed by atoms with van der Waals surface area (Å²) in [6.45, 7) is 2.02. The van der Waals surface area contributed by atoms with E-state index in [-0.39, 0.29) is 29.5 Å². The van der Waals surface area contributed by atoms with Crippen LogP contribution in [0.5, 0.6) is 0 Å². The number of nitrogens with one attached hydrogen (secondary N) is 2. The number of imide groups is 1. The van der Waals surface area contributed by atoms with Crippen molar-refractivity contribution in [2.24, 2.45) is 0 Å². The van der Waals surface area contributed by atoms with Crippen LogP contribution in [-0.2, 0) is 13.0 Å². The van der Waals surface area contributed by atoms with Gasteiger partial charge >= 0.3 is 0 Å². The van der Waals surface area contributed by atoms with Gasteiger partial charge in [-0.15, -0.1) is 11.3 Å². The molecule has 3 aromatic rings. The van der Waals surface area contributed by atoms with E-state index in [0.29, 0.717) is 27.2 Å². The van der Waals surface area contributed by atoms with E-state index in [1.54, 1.807) is 30.3 Å². The highest BCUT2D eigenvalue weighted by atomic mass is 35.5. The Labute approximate surface area is 211 Å². The monoisotopic (exact) mass is 506 g/mol. The van der Waals surface area contributed by atoms with Crippen molar-refractivity contribution in [3.63, 3.8) is 0 Å². The van der Waals surface area contributed by atoms with E-state index in [2.05, 4.69) is 10.2 Å². The summed E-state index contributed by atoms with van der Waals surface area (Å²) in [4.78, 5) is 42.6. The van der Waals surface area contributed by atoms with E-state index >= 15 is 0 Å². The van der Waals surface area contributed by atoms with Gasteiger partial charge in [0, 0.05) is 19.5 Å². The number of amidine groups is 1. The molecule has 35 heavy (non-hydrogen) atoms. The number of likely N-dealkylation sites (tertiary alicyclic amines) is 1. The zero-order valence-electron chi connectivity index (χ0n) is 18.8. The highest BCUT2D eigenvalue weighted by Gasteiger charge is 2.37.